The monoisotopic (exact) mass is 444 g/mol. The predicted molar refractivity (Wildman–Crippen MR) is 107 cm³/mol. The van der Waals surface area contributed by atoms with E-state index in [1.165, 1.54) is 14.2 Å². The third-order valence-corrected chi connectivity index (χ3v) is 5.05. The van der Waals surface area contributed by atoms with Crippen LogP contribution in [0.15, 0.2) is 45.7 Å². The molecule has 28 heavy (non-hydrogen) atoms. The lowest BCUT2D eigenvalue weighted by Gasteiger charge is -2.15. The third-order valence-electron chi connectivity index (χ3n) is 4.30. The van der Waals surface area contributed by atoms with E-state index in [2.05, 4.69) is 25.9 Å². The van der Waals surface area contributed by atoms with Crippen molar-refractivity contribution in [3.63, 3.8) is 0 Å². The highest BCUT2D eigenvalue weighted by atomic mass is 79.9. The Morgan fingerprint density at radius 3 is 2.43 bits per heavy atom. The van der Waals surface area contributed by atoms with Gasteiger partial charge in [-0.2, -0.15) is 0 Å². The molecule has 0 saturated heterocycles. The van der Waals surface area contributed by atoms with Gasteiger partial charge in [0.05, 0.1) is 38.0 Å². The fourth-order valence-corrected chi connectivity index (χ4v) is 3.41. The molecule has 0 amide bonds. The molecular formula is C20H17BrN2O5. The van der Waals surface area contributed by atoms with Crippen LogP contribution in [0, 0.1) is 0 Å². The van der Waals surface area contributed by atoms with Crippen molar-refractivity contribution in [2.24, 2.45) is 0 Å². The first-order chi connectivity index (χ1) is 13.4. The van der Waals surface area contributed by atoms with E-state index >= 15 is 0 Å². The Kier molecular flexibility index (Phi) is 5.89. The number of H-pyrrole nitrogens is 1. The molecule has 0 spiro atoms. The van der Waals surface area contributed by atoms with Crippen LogP contribution in [0.4, 0.5) is 0 Å². The first kappa shape index (κ1) is 19.8. The molecule has 1 N–H and O–H groups in total. The second-order valence-corrected chi connectivity index (χ2v) is 6.85. The molecule has 0 radical (unpaired) electrons. The molecule has 7 nitrogen and oxygen atoms in total. The number of ether oxygens (including phenoxy) is 2. The van der Waals surface area contributed by atoms with Crippen LogP contribution in [0.3, 0.4) is 0 Å². The zero-order valence-electron chi connectivity index (χ0n) is 15.2. The number of aromatic nitrogens is 2. The average Bonchev–Trinajstić information content (AvgIpc) is 2.70. The topological polar surface area (TPSA) is 98.3 Å². The second-order valence-electron chi connectivity index (χ2n) is 6.00. The van der Waals surface area contributed by atoms with E-state index in [4.69, 9.17) is 9.47 Å². The summed E-state index contributed by atoms with van der Waals surface area (Å²) in [6.45, 7) is 0. The number of methoxy groups -OCH3 is 2. The highest BCUT2D eigenvalue weighted by molar-refractivity contribution is 9.10. The standard InChI is InChI=1S/C20H17BrN2O5/c1-27-16(24)9-11-7-8-14(21)13(10-17(25)28-2)18(11)19-22-15-6-4-3-5-12(15)20(26)23-19/h3-8H,9-10H2,1-2H3,(H,22,23,26). The first-order valence-corrected chi connectivity index (χ1v) is 9.17. The largest absolute Gasteiger partial charge is 0.469 e. The van der Waals surface area contributed by atoms with Gasteiger partial charge in [-0.05, 0) is 29.3 Å². The second kappa shape index (κ2) is 8.35. The number of carbonyl (C=O) groups excluding carboxylic acids is 2. The fraction of sp³-hybridized carbons (Fsp3) is 0.200. The summed E-state index contributed by atoms with van der Waals surface area (Å²) in [7, 11) is 2.59. The van der Waals surface area contributed by atoms with E-state index in [1.54, 1.807) is 36.4 Å². The van der Waals surface area contributed by atoms with E-state index in [0.717, 1.165) is 0 Å². The highest BCUT2D eigenvalue weighted by Crippen LogP contribution is 2.32. The molecule has 8 heteroatoms. The molecule has 0 bridgehead atoms. The van der Waals surface area contributed by atoms with Crippen LogP contribution < -0.4 is 5.56 Å². The van der Waals surface area contributed by atoms with Crippen molar-refractivity contribution in [2.45, 2.75) is 12.8 Å². The maximum atomic E-state index is 12.5. The van der Waals surface area contributed by atoms with Gasteiger partial charge in [-0.3, -0.25) is 14.4 Å². The molecule has 3 aromatic rings. The zero-order chi connectivity index (χ0) is 20.3. The quantitative estimate of drug-likeness (QED) is 0.607. The molecule has 0 aliphatic rings. The molecule has 0 saturated carbocycles. The fourth-order valence-electron chi connectivity index (χ4n) is 2.94. The van der Waals surface area contributed by atoms with Crippen LogP contribution in [0.5, 0.6) is 0 Å². The maximum Gasteiger partial charge on any atom is 0.310 e. The van der Waals surface area contributed by atoms with E-state index in [-0.39, 0.29) is 24.2 Å². The van der Waals surface area contributed by atoms with Gasteiger partial charge in [-0.1, -0.05) is 34.1 Å². The molecule has 144 valence electrons. The summed E-state index contributed by atoms with van der Waals surface area (Å²) in [4.78, 5) is 43.7. The van der Waals surface area contributed by atoms with Gasteiger partial charge in [0.2, 0.25) is 0 Å². The molecule has 2 aromatic carbocycles. The average molecular weight is 445 g/mol. The van der Waals surface area contributed by atoms with Crippen molar-refractivity contribution >= 4 is 38.8 Å². The zero-order valence-corrected chi connectivity index (χ0v) is 16.8. The van der Waals surface area contributed by atoms with Gasteiger partial charge in [0.25, 0.3) is 5.56 Å². The van der Waals surface area contributed by atoms with Crippen LogP contribution in [-0.2, 0) is 31.9 Å². The van der Waals surface area contributed by atoms with Gasteiger partial charge in [0, 0.05) is 10.0 Å². The van der Waals surface area contributed by atoms with Crippen molar-refractivity contribution in [3.8, 4) is 11.4 Å². The number of esters is 2. The van der Waals surface area contributed by atoms with Gasteiger partial charge >= 0.3 is 11.9 Å². The van der Waals surface area contributed by atoms with Crippen LogP contribution in [-0.4, -0.2) is 36.1 Å². The Balaban J connectivity index is 2.29. The van der Waals surface area contributed by atoms with E-state index < -0.39 is 11.9 Å². The molecule has 0 aliphatic heterocycles. The van der Waals surface area contributed by atoms with Gasteiger partial charge in [0.1, 0.15) is 5.82 Å². The van der Waals surface area contributed by atoms with Crippen LogP contribution in [0.25, 0.3) is 22.3 Å². The SMILES string of the molecule is COC(=O)Cc1ccc(Br)c(CC(=O)OC)c1-c1nc2ccccc2c(=O)[nH]1. The van der Waals surface area contributed by atoms with Crippen LogP contribution >= 0.6 is 15.9 Å². The molecule has 1 aromatic heterocycles. The van der Waals surface area contributed by atoms with E-state index in [0.29, 0.717) is 32.1 Å². The number of rotatable bonds is 5. The van der Waals surface area contributed by atoms with Gasteiger partial charge in [-0.15, -0.1) is 0 Å². The first-order valence-electron chi connectivity index (χ1n) is 8.38. The third kappa shape index (κ3) is 3.96. The number of carbonyl (C=O) groups is 2. The number of para-hydroxylation sites is 1. The van der Waals surface area contributed by atoms with Crippen molar-refractivity contribution in [2.75, 3.05) is 14.2 Å². The number of halogens is 1. The van der Waals surface area contributed by atoms with Crippen LogP contribution in [0.1, 0.15) is 11.1 Å². The Bertz CT molecular complexity index is 1120. The summed E-state index contributed by atoms with van der Waals surface area (Å²) in [5, 5.41) is 0.449. The van der Waals surface area contributed by atoms with Crippen LogP contribution in [0.2, 0.25) is 0 Å². The minimum Gasteiger partial charge on any atom is -0.469 e. The lowest BCUT2D eigenvalue weighted by atomic mass is 9.95. The number of hydrogen-bond acceptors (Lipinski definition) is 6. The van der Waals surface area contributed by atoms with E-state index in [1.807, 2.05) is 0 Å². The summed E-state index contributed by atoms with van der Waals surface area (Å²) >= 11 is 3.44. The lowest BCUT2D eigenvalue weighted by Crippen LogP contribution is -2.15. The summed E-state index contributed by atoms with van der Waals surface area (Å²) < 4.78 is 10.2. The van der Waals surface area contributed by atoms with E-state index in [9.17, 15) is 14.4 Å². The minimum absolute atomic E-state index is 0.0379. The summed E-state index contributed by atoms with van der Waals surface area (Å²) in [6, 6.07) is 10.4. The number of aromatic amines is 1. The van der Waals surface area contributed by atoms with Crippen molar-refractivity contribution < 1.29 is 19.1 Å². The molecule has 0 atom stereocenters. The number of hydrogen-bond donors (Lipinski definition) is 1. The number of benzene rings is 2. The molecule has 0 aliphatic carbocycles. The summed E-state index contributed by atoms with van der Waals surface area (Å²) in [5.41, 5.74) is 1.83. The Morgan fingerprint density at radius 2 is 1.71 bits per heavy atom. The molecule has 0 fully saturated rings. The van der Waals surface area contributed by atoms with Gasteiger partial charge < -0.3 is 14.5 Å². The van der Waals surface area contributed by atoms with Crippen molar-refractivity contribution in [1.29, 1.82) is 0 Å². The highest BCUT2D eigenvalue weighted by Gasteiger charge is 2.21. The Hall–Kier alpha value is -3.00. The summed E-state index contributed by atoms with van der Waals surface area (Å²) in [6.07, 6.45) is -0.0954. The lowest BCUT2D eigenvalue weighted by molar-refractivity contribution is -0.140. The molecule has 1 heterocycles. The summed E-state index contributed by atoms with van der Waals surface area (Å²) in [5.74, 6) is -0.640. The minimum atomic E-state index is -0.458. The molecule has 3 rings (SSSR count). The van der Waals surface area contributed by atoms with Gasteiger partial charge in [-0.25, -0.2) is 4.98 Å². The van der Waals surface area contributed by atoms with Gasteiger partial charge in [0.15, 0.2) is 0 Å². The smallest absolute Gasteiger partial charge is 0.310 e. The number of nitrogens with one attached hydrogen (secondary N) is 1. The Morgan fingerprint density at radius 1 is 1.04 bits per heavy atom. The van der Waals surface area contributed by atoms with Crippen molar-refractivity contribution in [3.05, 3.63) is 62.4 Å². The predicted octanol–water partition coefficient (Wildman–Crippen LogP) is 2.78. The number of fused-ring (bicyclic) bond motifs is 1. The number of nitrogens with zero attached hydrogens (tertiary/aromatic N) is 1. The maximum absolute atomic E-state index is 12.5. The molecular weight excluding hydrogens is 428 g/mol. The van der Waals surface area contributed by atoms with Crippen molar-refractivity contribution in [1.82, 2.24) is 9.97 Å². The molecule has 0 unspecified atom stereocenters. The normalized spacial score (nSPS) is 10.7. The Labute approximate surface area is 168 Å².